The fourth-order valence-corrected chi connectivity index (χ4v) is 2.98. The maximum absolute atomic E-state index is 12.4. The van der Waals surface area contributed by atoms with Gasteiger partial charge < -0.3 is 9.88 Å². The summed E-state index contributed by atoms with van der Waals surface area (Å²) >= 11 is 0. The van der Waals surface area contributed by atoms with E-state index in [2.05, 4.69) is 29.4 Å². The minimum absolute atomic E-state index is 0.00740. The molecule has 4 nitrogen and oxygen atoms in total. The maximum atomic E-state index is 12.4. The standard InChI is InChI=1S/C19H21N3O/c1-13-8-4-5-9-16(13)14(2)20-19(23)12-22-15(3)21-17-10-6-7-11-18(17)22/h4-11,14H,12H2,1-3H3,(H,20,23). The number of aryl methyl sites for hydroxylation is 2. The van der Waals surface area contributed by atoms with Gasteiger partial charge in [-0.05, 0) is 44.0 Å². The van der Waals surface area contributed by atoms with Crippen molar-refractivity contribution in [3.05, 3.63) is 65.5 Å². The van der Waals surface area contributed by atoms with Crippen LogP contribution in [0.2, 0.25) is 0 Å². The number of nitrogens with zero attached hydrogens (tertiary/aromatic N) is 2. The number of imidazole rings is 1. The van der Waals surface area contributed by atoms with Crippen molar-refractivity contribution < 1.29 is 4.79 Å². The van der Waals surface area contributed by atoms with Crippen molar-refractivity contribution in [2.45, 2.75) is 33.4 Å². The van der Waals surface area contributed by atoms with Gasteiger partial charge in [-0.2, -0.15) is 0 Å². The van der Waals surface area contributed by atoms with Crippen molar-refractivity contribution in [3.63, 3.8) is 0 Å². The number of hydrogen-bond acceptors (Lipinski definition) is 2. The minimum Gasteiger partial charge on any atom is -0.348 e. The molecule has 3 rings (SSSR count). The molecule has 1 amide bonds. The topological polar surface area (TPSA) is 46.9 Å². The summed E-state index contributed by atoms with van der Waals surface area (Å²) in [6.45, 7) is 6.28. The fourth-order valence-electron chi connectivity index (χ4n) is 2.98. The molecule has 1 N–H and O–H groups in total. The third kappa shape index (κ3) is 3.11. The lowest BCUT2D eigenvalue weighted by atomic mass is 10.0. The average Bonchev–Trinajstić information content (AvgIpc) is 2.83. The van der Waals surface area contributed by atoms with Gasteiger partial charge in [-0.3, -0.25) is 4.79 Å². The zero-order valence-corrected chi connectivity index (χ0v) is 13.7. The second-order valence-electron chi connectivity index (χ2n) is 5.88. The smallest absolute Gasteiger partial charge is 0.240 e. The molecule has 0 saturated heterocycles. The van der Waals surface area contributed by atoms with E-state index in [-0.39, 0.29) is 18.5 Å². The number of carbonyl (C=O) groups is 1. The molecule has 2 aromatic carbocycles. The van der Waals surface area contributed by atoms with Gasteiger partial charge in [0, 0.05) is 0 Å². The van der Waals surface area contributed by atoms with Crippen LogP contribution in [0.25, 0.3) is 11.0 Å². The molecule has 0 aliphatic rings. The maximum Gasteiger partial charge on any atom is 0.240 e. The Morgan fingerprint density at radius 2 is 1.83 bits per heavy atom. The highest BCUT2D eigenvalue weighted by molar-refractivity contribution is 5.81. The Bertz CT molecular complexity index is 851. The van der Waals surface area contributed by atoms with Gasteiger partial charge in [0.15, 0.2) is 0 Å². The summed E-state index contributed by atoms with van der Waals surface area (Å²) in [6, 6.07) is 16.0. The van der Waals surface area contributed by atoms with Gasteiger partial charge in [-0.15, -0.1) is 0 Å². The molecule has 1 atom stereocenters. The van der Waals surface area contributed by atoms with Crippen LogP contribution in [0.5, 0.6) is 0 Å². The van der Waals surface area contributed by atoms with Crippen LogP contribution in [-0.2, 0) is 11.3 Å². The summed E-state index contributed by atoms with van der Waals surface area (Å²) in [4.78, 5) is 16.9. The van der Waals surface area contributed by atoms with Crippen molar-refractivity contribution in [2.24, 2.45) is 0 Å². The molecule has 0 aliphatic carbocycles. The van der Waals surface area contributed by atoms with Gasteiger partial charge in [0.2, 0.25) is 5.91 Å². The molecule has 0 radical (unpaired) electrons. The first-order valence-electron chi connectivity index (χ1n) is 7.83. The van der Waals surface area contributed by atoms with Gasteiger partial charge in [0.05, 0.1) is 17.1 Å². The Balaban J connectivity index is 1.76. The van der Waals surface area contributed by atoms with Gasteiger partial charge in [-0.1, -0.05) is 36.4 Å². The van der Waals surface area contributed by atoms with Crippen molar-refractivity contribution in [2.75, 3.05) is 0 Å². The molecule has 4 heteroatoms. The third-order valence-electron chi connectivity index (χ3n) is 4.18. The molecule has 1 heterocycles. The summed E-state index contributed by atoms with van der Waals surface area (Å²) in [6.07, 6.45) is 0. The predicted molar refractivity (Wildman–Crippen MR) is 92.2 cm³/mol. The van der Waals surface area contributed by atoms with Crippen molar-refractivity contribution in [1.82, 2.24) is 14.9 Å². The lowest BCUT2D eigenvalue weighted by Crippen LogP contribution is -2.30. The zero-order chi connectivity index (χ0) is 16.4. The van der Waals surface area contributed by atoms with E-state index in [0.29, 0.717) is 0 Å². The molecule has 0 spiro atoms. The fraction of sp³-hybridized carbons (Fsp3) is 0.263. The Hall–Kier alpha value is -2.62. The van der Waals surface area contributed by atoms with E-state index < -0.39 is 0 Å². The molecular formula is C19H21N3O. The third-order valence-corrected chi connectivity index (χ3v) is 4.18. The first kappa shape index (κ1) is 15.3. The Morgan fingerprint density at radius 1 is 1.13 bits per heavy atom. The number of carbonyl (C=O) groups excluding carboxylic acids is 1. The molecule has 0 bridgehead atoms. The van der Waals surface area contributed by atoms with E-state index >= 15 is 0 Å². The van der Waals surface area contributed by atoms with Crippen LogP contribution >= 0.6 is 0 Å². The number of hydrogen-bond donors (Lipinski definition) is 1. The number of aromatic nitrogens is 2. The van der Waals surface area contributed by atoms with Gasteiger partial charge in [0.1, 0.15) is 12.4 Å². The van der Waals surface area contributed by atoms with E-state index in [1.165, 1.54) is 5.56 Å². The normalized spacial score (nSPS) is 12.3. The second kappa shape index (κ2) is 6.24. The number of fused-ring (bicyclic) bond motifs is 1. The first-order valence-corrected chi connectivity index (χ1v) is 7.83. The van der Waals surface area contributed by atoms with E-state index in [0.717, 1.165) is 22.4 Å². The molecule has 1 unspecified atom stereocenters. The van der Waals surface area contributed by atoms with Crippen LogP contribution < -0.4 is 5.32 Å². The van der Waals surface area contributed by atoms with Crippen molar-refractivity contribution in [1.29, 1.82) is 0 Å². The largest absolute Gasteiger partial charge is 0.348 e. The van der Waals surface area contributed by atoms with Crippen LogP contribution in [0.4, 0.5) is 0 Å². The van der Waals surface area contributed by atoms with Gasteiger partial charge in [0.25, 0.3) is 0 Å². The average molecular weight is 307 g/mol. The van der Waals surface area contributed by atoms with E-state index in [4.69, 9.17) is 0 Å². The van der Waals surface area contributed by atoms with Crippen molar-refractivity contribution >= 4 is 16.9 Å². The Morgan fingerprint density at radius 3 is 2.61 bits per heavy atom. The lowest BCUT2D eigenvalue weighted by Gasteiger charge is -2.17. The van der Waals surface area contributed by atoms with Crippen LogP contribution in [0.15, 0.2) is 48.5 Å². The lowest BCUT2D eigenvalue weighted by molar-refractivity contribution is -0.122. The Labute approximate surface area is 136 Å². The molecule has 23 heavy (non-hydrogen) atoms. The zero-order valence-electron chi connectivity index (χ0n) is 13.7. The van der Waals surface area contributed by atoms with Crippen molar-refractivity contribution in [3.8, 4) is 0 Å². The first-order chi connectivity index (χ1) is 11.1. The highest BCUT2D eigenvalue weighted by atomic mass is 16.2. The molecular weight excluding hydrogens is 286 g/mol. The number of rotatable bonds is 4. The predicted octanol–water partition coefficient (Wildman–Crippen LogP) is 3.53. The number of benzene rings is 2. The molecule has 0 fully saturated rings. The van der Waals surface area contributed by atoms with E-state index in [1.807, 2.05) is 54.8 Å². The summed E-state index contributed by atoms with van der Waals surface area (Å²) < 4.78 is 1.95. The van der Waals surface area contributed by atoms with Gasteiger partial charge >= 0.3 is 0 Å². The number of para-hydroxylation sites is 2. The SMILES string of the molecule is Cc1ccccc1C(C)NC(=O)Cn1c(C)nc2ccccc21. The van der Waals surface area contributed by atoms with Crippen LogP contribution in [0, 0.1) is 13.8 Å². The summed E-state index contributed by atoms with van der Waals surface area (Å²) in [7, 11) is 0. The quantitative estimate of drug-likeness (QED) is 0.801. The molecule has 0 aliphatic heterocycles. The number of amides is 1. The second-order valence-corrected chi connectivity index (χ2v) is 5.88. The molecule has 0 saturated carbocycles. The molecule has 118 valence electrons. The monoisotopic (exact) mass is 307 g/mol. The molecule has 3 aromatic rings. The van der Waals surface area contributed by atoms with Gasteiger partial charge in [-0.25, -0.2) is 4.98 Å². The highest BCUT2D eigenvalue weighted by Crippen LogP contribution is 2.18. The Kier molecular flexibility index (Phi) is 4.15. The minimum atomic E-state index is -0.0150. The van der Waals surface area contributed by atoms with Crippen LogP contribution in [0.3, 0.4) is 0 Å². The van der Waals surface area contributed by atoms with Crippen LogP contribution in [0.1, 0.15) is 29.9 Å². The summed E-state index contributed by atoms with van der Waals surface area (Å²) in [5.74, 6) is 0.844. The number of nitrogens with one attached hydrogen (secondary N) is 1. The van der Waals surface area contributed by atoms with E-state index in [1.54, 1.807) is 0 Å². The summed E-state index contributed by atoms with van der Waals surface area (Å²) in [5.41, 5.74) is 4.24. The van der Waals surface area contributed by atoms with E-state index in [9.17, 15) is 4.79 Å². The molecule has 1 aromatic heterocycles. The highest BCUT2D eigenvalue weighted by Gasteiger charge is 2.14. The summed E-state index contributed by atoms with van der Waals surface area (Å²) in [5, 5.41) is 3.08. The van der Waals surface area contributed by atoms with Crippen LogP contribution in [-0.4, -0.2) is 15.5 Å².